The predicted molar refractivity (Wildman–Crippen MR) is 47.6 cm³/mol. The number of rotatable bonds is 4. The minimum absolute atomic E-state index is 0. The minimum atomic E-state index is 0. The van der Waals surface area contributed by atoms with Gasteiger partial charge < -0.3 is 6.92 Å². The molecule has 0 heterocycles. The van der Waals surface area contributed by atoms with Crippen LogP contribution in [0, 0.1) is 6.92 Å². The second kappa shape index (κ2) is 22.6. The molecule has 0 nitrogen and oxygen atoms in total. The van der Waals surface area contributed by atoms with Gasteiger partial charge in [-0.25, -0.2) is 0 Å². The van der Waals surface area contributed by atoms with Gasteiger partial charge in [-0.2, -0.15) is 6.42 Å². The topological polar surface area (TPSA) is 0 Å². The summed E-state index contributed by atoms with van der Waals surface area (Å²) in [5, 5.41) is 0. The third-order valence-electron chi connectivity index (χ3n) is 1.10. The molecule has 62 valence electrons. The van der Waals surface area contributed by atoms with Crippen molar-refractivity contribution in [3.05, 3.63) is 6.92 Å². The van der Waals surface area contributed by atoms with Crippen molar-refractivity contribution < 1.29 is 19.5 Å². The normalized spacial score (nSPS) is 6.60. The van der Waals surface area contributed by atoms with E-state index in [9.17, 15) is 0 Å². The Bertz CT molecular complexity index is 23.9. The molecule has 0 unspecified atom stereocenters. The molecule has 0 aliphatic heterocycles. The Morgan fingerprint density at radius 3 is 1.80 bits per heavy atom. The average molecular weight is 197 g/mol. The second-order valence-corrected chi connectivity index (χ2v) is 1.91. The molecule has 0 radical (unpaired) electrons. The molecule has 0 aromatic carbocycles. The van der Waals surface area contributed by atoms with E-state index >= 15 is 0 Å². The van der Waals surface area contributed by atoms with Gasteiger partial charge in [0.25, 0.3) is 0 Å². The van der Waals surface area contributed by atoms with Gasteiger partial charge in [-0.3, -0.25) is 0 Å². The first-order valence-electron chi connectivity index (χ1n) is 3.21. The second-order valence-electron chi connectivity index (χ2n) is 1.91. The van der Waals surface area contributed by atoms with E-state index in [0.717, 1.165) is 6.42 Å². The summed E-state index contributed by atoms with van der Waals surface area (Å²) >= 11 is 0. The van der Waals surface area contributed by atoms with E-state index < -0.39 is 0 Å². The van der Waals surface area contributed by atoms with Crippen molar-refractivity contribution >= 4 is 0 Å². The van der Waals surface area contributed by atoms with Crippen molar-refractivity contribution in [3.63, 3.8) is 0 Å². The van der Waals surface area contributed by atoms with E-state index in [1.807, 2.05) is 0 Å². The fraction of sp³-hybridized carbons (Fsp3) is 0.889. The van der Waals surface area contributed by atoms with Crippen LogP contribution in [-0.4, -0.2) is 0 Å². The van der Waals surface area contributed by atoms with Crippen LogP contribution in [0.5, 0.6) is 0 Å². The largest absolute Gasteiger partial charge is 0.343 e. The Hall–Kier alpha value is 0.623. The Balaban J connectivity index is -0.0000000600. The summed E-state index contributed by atoms with van der Waals surface area (Å²) < 4.78 is 0. The molecule has 0 aromatic rings. The average Bonchev–Trinajstić information content (AvgIpc) is 1.69. The van der Waals surface area contributed by atoms with Gasteiger partial charge in [0.1, 0.15) is 0 Å². The predicted octanol–water partition coefficient (Wildman–Crippen LogP) is 4.06. The molecule has 0 fully saturated rings. The Labute approximate surface area is 80.6 Å². The molecule has 0 bridgehead atoms. The van der Waals surface area contributed by atoms with Crippen LogP contribution in [0.15, 0.2) is 0 Å². The summed E-state index contributed by atoms with van der Waals surface area (Å²) in [4.78, 5) is 0. The van der Waals surface area contributed by atoms with Crippen LogP contribution in [0.1, 0.15) is 53.9 Å². The molecule has 10 heavy (non-hydrogen) atoms. The monoisotopic (exact) mass is 195 g/mol. The Kier molecular flexibility index (Phi) is 50.8. The molecule has 0 rings (SSSR count). The molecule has 1 heteroatoms. The van der Waals surface area contributed by atoms with Gasteiger partial charge in [0.2, 0.25) is 0 Å². The fourth-order valence-corrected chi connectivity index (χ4v) is 0.604. The summed E-state index contributed by atoms with van der Waals surface area (Å²) in [6, 6.07) is 0. The first-order valence-corrected chi connectivity index (χ1v) is 3.21. The van der Waals surface area contributed by atoms with E-state index in [0.29, 0.717) is 0 Å². The standard InChI is InChI=1S/C7H15.2CH4.Zn/c1-3-5-7-6-4-2;;;/h1,3-7H2,2H3;2*1H4;/q-1;;;. The van der Waals surface area contributed by atoms with Gasteiger partial charge in [0.05, 0.1) is 0 Å². The minimum Gasteiger partial charge on any atom is -0.343 e. The van der Waals surface area contributed by atoms with Crippen molar-refractivity contribution in [1.82, 2.24) is 0 Å². The van der Waals surface area contributed by atoms with Crippen molar-refractivity contribution in [3.8, 4) is 0 Å². The van der Waals surface area contributed by atoms with E-state index in [-0.39, 0.29) is 34.3 Å². The molecule has 0 spiro atoms. The van der Waals surface area contributed by atoms with Crippen molar-refractivity contribution in [1.29, 1.82) is 0 Å². The van der Waals surface area contributed by atoms with Gasteiger partial charge in [0.15, 0.2) is 0 Å². The fourth-order valence-electron chi connectivity index (χ4n) is 0.604. The zero-order chi connectivity index (χ0) is 5.54. The molecule has 0 aliphatic carbocycles. The zero-order valence-corrected chi connectivity index (χ0v) is 8.92. The van der Waals surface area contributed by atoms with E-state index in [1.165, 1.54) is 25.7 Å². The number of unbranched alkanes of at least 4 members (excludes halogenated alkanes) is 4. The molecule has 0 saturated carbocycles. The van der Waals surface area contributed by atoms with Gasteiger partial charge >= 0.3 is 0 Å². The van der Waals surface area contributed by atoms with Crippen molar-refractivity contribution in [2.45, 2.75) is 53.9 Å². The van der Waals surface area contributed by atoms with E-state index in [1.54, 1.807) is 0 Å². The van der Waals surface area contributed by atoms with E-state index in [4.69, 9.17) is 0 Å². The maximum atomic E-state index is 3.76. The van der Waals surface area contributed by atoms with Crippen LogP contribution in [0.25, 0.3) is 0 Å². The molecular formula is C9H23Zn-. The molecule has 0 saturated heterocycles. The summed E-state index contributed by atoms with van der Waals surface area (Å²) in [6.07, 6.45) is 6.52. The number of hydrogen-bond donors (Lipinski definition) is 0. The van der Waals surface area contributed by atoms with Crippen LogP contribution >= 0.6 is 0 Å². The quantitative estimate of drug-likeness (QED) is 0.361. The van der Waals surface area contributed by atoms with Crippen LogP contribution in [0.3, 0.4) is 0 Å². The van der Waals surface area contributed by atoms with Crippen molar-refractivity contribution in [2.75, 3.05) is 0 Å². The zero-order valence-electron chi connectivity index (χ0n) is 5.95. The maximum Gasteiger partial charge on any atom is 0 e. The maximum absolute atomic E-state index is 3.76. The van der Waals surface area contributed by atoms with Gasteiger partial charge in [0, 0.05) is 19.5 Å². The molecule has 0 atom stereocenters. The Morgan fingerprint density at radius 1 is 1.00 bits per heavy atom. The third-order valence-corrected chi connectivity index (χ3v) is 1.10. The summed E-state index contributed by atoms with van der Waals surface area (Å²) in [7, 11) is 0. The number of hydrogen-bond acceptors (Lipinski definition) is 0. The van der Waals surface area contributed by atoms with E-state index in [2.05, 4.69) is 13.8 Å². The molecule has 0 amide bonds. The molecular weight excluding hydrogens is 173 g/mol. The van der Waals surface area contributed by atoms with Crippen LogP contribution < -0.4 is 0 Å². The first kappa shape index (κ1) is 22.4. The summed E-state index contributed by atoms with van der Waals surface area (Å²) in [6.45, 7) is 5.98. The van der Waals surface area contributed by atoms with Crippen molar-refractivity contribution in [2.24, 2.45) is 0 Å². The molecule has 0 aliphatic rings. The van der Waals surface area contributed by atoms with Crippen LogP contribution in [-0.2, 0) is 19.5 Å². The van der Waals surface area contributed by atoms with Crippen LogP contribution in [0.4, 0.5) is 0 Å². The Morgan fingerprint density at radius 2 is 1.50 bits per heavy atom. The summed E-state index contributed by atoms with van der Waals surface area (Å²) in [5.74, 6) is 0. The smallest absolute Gasteiger partial charge is 0 e. The first-order chi connectivity index (χ1) is 3.41. The van der Waals surface area contributed by atoms with Gasteiger partial charge in [-0.1, -0.05) is 47.5 Å². The molecule has 0 aromatic heterocycles. The van der Waals surface area contributed by atoms with Crippen LogP contribution in [0.2, 0.25) is 0 Å². The van der Waals surface area contributed by atoms with Gasteiger partial charge in [-0.05, 0) is 0 Å². The summed E-state index contributed by atoms with van der Waals surface area (Å²) in [5.41, 5.74) is 0. The van der Waals surface area contributed by atoms with Gasteiger partial charge in [-0.15, -0.1) is 0 Å². The molecule has 0 N–H and O–H groups in total. The third kappa shape index (κ3) is 23.4. The SMILES string of the molecule is C.C.[CH2-]CCCCCC.[Zn].